The van der Waals surface area contributed by atoms with Crippen LogP contribution in [0.4, 0.5) is 22.0 Å². The Kier molecular flexibility index (Phi) is 5.49. The number of rotatable bonds is 6. The van der Waals surface area contributed by atoms with Crippen molar-refractivity contribution in [3.63, 3.8) is 0 Å². The van der Waals surface area contributed by atoms with E-state index in [9.17, 15) is 38.8 Å². The number of alkyl halides is 3. The van der Waals surface area contributed by atoms with E-state index < -0.39 is 50.4 Å². The summed E-state index contributed by atoms with van der Waals surface area (Å²) < 4.78 is 107. The van der Waals surface area contributed by atoms with Crippen LogP contribution in [0.2, 0.25) is 0 Å². The summed E-state index contributed by atoms with van der Waals surface area (Å²) in [5, 5.41) is -2.03. The predicted octanol–water partition coefficient (Wildman–Crippen LogP) is 0.937. The lowest BCUT2D eigenvalue weighted by molar-refractivity contribution is -0.152. The van der Waals surface area contributed by atoms with E-state index in [2.05, 4.69) is 8.37 Å². The van der Waals surface area contributed by atoms with Crippen LogP contribution in [0.5, 0.6) is 0 Å². The van der Waals surface area contributed by atoms with Crippen molar-refractivity contribution in [1.29, 1.82) is 0 Å². The molecule has 0 aromatic rings. The summed E-state index contributed by atoms with van der Waals surface area (Å²) in [7, 11) is -10.2. The Bertz CT molecular complexity index is 499. The fraction of sp³-hybridized carbons (Fsp3) is 0.600. The smallest absolute Gasteiger partial charge is 0.384 e. The largest absolute Gasteiger partial charge is 0.413 e. The van der Waals surface area contributed by atoms with Crippen LogP contribution in [-0.4, -0.2) is 34.7 Å². The van der Waals surface area contributed by atoms with Gasteiger partial charge in [0.05, 0.1) is 0 Å². The van der Waals surface area contributed by atoms with Gasteiger partial charge in [0.25, 0.3) is 10.1 Å². The average Bonchev–Trinajstić information content (AvgIpc) is 2.09. The van der Waals surface area contributed by atoms with Gasteiger partial charge >= 0.3 is 22.4 Å². The van der Waals surface area contributed by atoms with Gasteiger partial charge in [-0.15, -0.1) is 0 Å². The van der Waals surface area contributed by atoms with Gasteiger partial charge < -0.3 is 4.18 Å². The molecule has 0 aliphatic heterocycles. The molecule has 0 aliphatic carbocycles. The summed E-state index contributed by atoms with van der Waals surface area (Å²) in [4.78, 5) is 0. The van der Waals surface area contributed by atoms with E-state index in [0.29, 0.717) is 0 Å². The maximum Gasteiger partial charge on any atom is 0.413 e. The lowest BCUT2D eigenvalue weighted by Crippen LogP contribution is -2.25. The van der Waals surface area contributed by atoms with E-state index in [0.717, 1.165) is 0 Å². The van der Waals surface area contributed by atoms with Gasteiger partial charge in [-0.3, -0.25) is 4.18 Å². The molecular formula is C5H5F5O6S2. The number of halogens is 5. The molecule has 0 fully saturated rings. The first kappa shape index (κ1) is 17.1. The molecule has 13 heteroatoms. The molecule has 0 saturated carbocycles. The van der Waals surface area contributed by atoms with Crippen LogP contribution < -0.4 is 0 Å². The zero-order valence-corrected chi connectivity index (χ0v) is 9.78. The molecule has 0 spiro atoms. The van der Waals surface area contributed by atoms with E-state index in [1.807, 2.05) is 0 Å². The van der Waals surface area contributed by atoms with Gasteiger partial charge in [-0.2, -0.15) is 38.8 Å². The van der Waals surface area contributed by atoms with Crippen molar-refractivity contribution < 1.29 is 47.2 Å². The molecule has 0 radical (unpaired) electrons. The van der Waals surface area contributed by atoms with Crippen LogP contribution in [0, 0.1) is 0 Å². The minimum absolute atomic E-state index is 0.575. The van der Waals surface area contributed by atoms with Gasteiger partial charge in [0.1, 0.15) is 0 Å². The molecule has 0 bridgehead atoms. The molecule has 0 rings (SSSR count). The van der Waals surface area contributed by atoms with Gasteiger partial charge in [-0.1, -0.05) is 0 Å². The summed E-state index contributed by atoms with van der Waals surface area (Å²) in [6, 6.07) is 0. The highest BCUT2D eigenvalue weighted by Crippen LogP contribution is 2.16. The van der Waals surface area contributed by atoms with Crippen LogP contribution in [0.3, 0.4) is 0 Å². The first-order valence-corrected chi connectivity index (χ1v) is 6.84. The lowest BCUT2D eigenvalue weighted by Gasteiger charge is -2.07. The van der Waals surface area contributed by atoms with Gasteiger partial charge in [0.2, 0.25) is 5.08 Å². The number of hydrogen-bond donors (Lipinski definition) is 0. The summed E-state index contributed by atoms with van der Waals surface area (Å²) in [6.45, 7) is -2.24. The van der Waals surface area contributed by atoms with Crippen LogP contribution in [0.1, 0.15) is 0 Å². The second kappa shape index (κ2) is 5.79. The summed E-state index contributed by atoms with van der Waals surface area (Å²) in [5.74, 6) is 0. The fourth-order valence-corrected chi connectivity index (χ4v) is 2.95. The molecule has 18 heavy (non-hydrogen) atoms. The van der Waals surface area contributed by atoms with Crippen LogP contribution in [0.25, 0.3) is 0 Å². The standard InChI is InChI=1S/C5H5F5O6S2/c6-4(7)1-15-17(11,12)3-18(13,14)16-2-5(8,9)10/h1H,2-3H2. The highest BCUT2D eigenvalue weighted by Gasteiger charge is 2.33. The average molecular weight is 320 g/mol. The SMILES string of the molecule is O=S(=O)(CS(=O)(=O)OCC(F)(F)F)OC=C(F)F. The molecule has 0 unspecified atom stereocenters. The Morgan fingerprint density at radius 3 is 1.94 bits per heavy atom. The van der Waals surface area contributed by atoms with Gasteiger partial charge in [0, 0.05) is 0 Å². The Labute approximate surface area is 98.2 Å². The normalized spacial score (nSPS) is 13.2. The maximum atomic E-state index is 11.6. The Balaban J connectivity index is 4.64. The third-order valence-corrected chi connectivity index (χ3v) is 4.15. The molecular weight excluding hydrogens is 315 g/mol. The van der Waals surface area contributed by atoms with Gasteiger partial charge in [-0.25, -0.2) is 0 Å². The first-order chi connectivity index (χ1) is 7.83. The van der Waals surface area contributed by atoms with Crippen molar-refractivity contribution in [2.24, 2.45) is 0 Å². The molecule has 108 valence electrons. The molecule has 0 aromatic heterocycles. The van der Waals surface area contributed by atoms with E-state index in [1.54, 1.807) is 0 Å². The van der Waals surface area contributed by atoms with Crippen molar-refractivity contribution in [1.82, 2.24) is 0 Å². The monoisotopic (exact) mass is 320 g/mol. The molecule has 0 aromatic carbocycles. The lowest BCUT2D eigenvalue weighted by atomic mass is 10.7. The van der Waals surface area contributed by atoms with Crippen molar-refractivity contribution >= 4 is 20.2 Å². The second-order valence-electron chi connectivity index (χ2n) is 2.61. The van der Waals surface area contributed by atoms with Crippen LogP contribution >= 0.6 is 0 Å². The highest BCUT2D eigenvalue weighted by atomic mass is 32.3. The predicted molar refractivity (Wildman–Crippen MR) is 46.1 cm³/mol. The van der Waals surface area contributed by atoms with Crippen LogP contribution in [0.15, 0.2) is 12.3 Å². The topological polar surface area (TPSA) is 86.7 Å². The van der Waals surface area contributed by atoms with Crippen LogP contribution in [-0.2, 0) is 28.6 Å². The van der Waals surface area contributed by atoms with Gasteiger partial charge in [0.15, 0.2) is 12.9 Å². The van der Waals surface area contributed by atoms with Crippen molar-refractivity contribution in [3.8, 4) is 0 Å². The molecule has 0 N–H and O–H groups in total. The molecule has 0 heterocycles. The first-order valence-electron chi connectivity index (χ1n) is 3.69. The highest BCUT2D eigenvalue weighted by molar-refractivity contribution is 8.03. The fourth-order valence-electron chi connectivity index (χ4n) is 0.505. The van der Waals surface area contributed by atoms with Crippen molar-refractivity contribution in [2.45, 2.75) is 6.18 Å². The molecule has 0 amide bonds. The minimum Gasteiger partial charge on any atom is -0.384 e. The van der Waals surface area contributed by atoms with Gasteiger partial charge in [-0.05, 0) is 0 Å². The third-order valence-electron chi connectivity index (χ3n) is 0.975. The molecule has 0 atom stereocenters. The van der Waals surface area contributed by atoms with E-state index in [-0.39, 0.29) is 0 Å². The molecule has 0 saturated heterocycles. The maximum absolute atomic E-state index is 11.6. The quantitative estimate of drug-likeness (QED) is 0.411. The van der Waals surface area contributed by atoms with E-state index >= 15 is 0 Å². The Morgan fingerprint density at radius 1 is 1.06 bits per heavy atom. The summed E-state index contributed by atoms with van der Waals surface area (Å²) in [6.07, 6.45) is -8.15. The zero-order chi connectivity index (χ0) is 14.6. The Hall–Kier alpha value is -0.950. The van der Waals surface area contributed by atoms with E-state index in [4.69, 9.17) is 0 Å². The van der Waals surface area contributed by atoms with Crippen molar-refractivity contribution in [3.05, 3.63) is 12.3 Å². The molecule has 6 nitrogen and oxygen atoms in total. The minimum atomic E-state index is -5.13. The number of hydrogen-bond acceptors (Lipinski definition) is 6. The third kappa shape index (κ3) is 9.12. The van der Waals surface area contributed by atoms with E-state index in [1.165, 1.54) is 0 Å². The van der Waals surface area contributed by atoms with Crippen molar-refractivity contribution in [2.75, 3.05) is 11.7 Å². The zero-order valence-electron chi connectivity index (χ0n) is 8.15. The summed E-state index contributed by atoms with van der Waals surface area (Å²) >= 11 is 0. The molecule has 0 aliphatic rings. The Morgan fingerprint density at radius 2 is 1.56 bits per heavy atom. The second-order valence-corrected chi connectivity index (χ2v) is 6.22. The summed E-state index contributed by atoms with van der Waals surface area (Å²) in [5.41, 5.74) is 0.